The fourth-order valence-electron chi connectivity index (χ4n) is 3.58. The number of nitrogens with zero attached hydrogens (tertiary/aromatic N) is 2. The average molecular weight is 496 g/mol. The molecule has 32 heavy (non-hydrogen) atoms. The SMILES string of the molecule is CC(C)n1c(=O)sc2cc(NC(=O)c3cc(S(=O)(=O)N4CCOCC4)ccc3Cl)ccc21. The van der Waals surface area contributed by atoms with Crippen LogP contribution >= 0.6 is 22.9 Å². The first-order valence-corrected chi connectivity index (χ1v) is 12.7. The first kappa shape index (κ1) is 22.9. The number of carbonyl (C=O) groups excluding carboxylic acids is 1. The molecule has 3 aromatic rings. The molecular weight excluding hydrogens is 474 g/mol. The third-order valence-corrected chi connectivity index (χ3v) is 8.32. The molecule has 8 nitrogen and oxygen atoms in total. The van der Waals surface area contributed by atoms with E-state index in [-0.39, 0.29) is 39.5 Å². The van der Waals surface area contributed by atoms with Gasteiger partial charge in [0.25, 0.3) is 5.91 Å². The molecule has 0 spiro atoms. The molecule has 0 aliphatic carbocycles. The molecule has 1 saturated heterocycles. The number of sulfonamides is 1. The number of carbonyl (C=O) groups is 1. The molecule has 0 atom stereocenters. The van der Waals surface area contributed by atoms with Gasteiger partial charge in [0.15, 0.2) is 0 Å². The van der Waals surface area contributed by atoms with Gasteiger partial charge in [-0.25, -0.2) is 8.42 Å². The van der Waals surface area contributed by atoms with Crippen molar-refractivity contribution < 1.29 is 17.9 Å². The van der Waals surface area contributed by atoms with E-state index in [2.05, 4.69) is 5.32 Å². The minimum absolute atomic E-state index is 0.00312. The van der Waals surface area contributed by atoms with Crippen LogP contribution in [0.1, 0.15) is 30.2 Å². The molecule has 2 heterocycles. The summed E-state index contributed by atoms with van der Waals surface area (Å²) in [7, 11) is -3.77. The number of rotatable bonds is 5. The Kier molecular flexibility index (Phi) is 6.42. The predicted molar refractivity (Wildman–Crippen MR) is 125 cm³/mol. The van der Waals surface area contributed by atoms with E-state index in [1.807, 2.05) is 13.8 Å². The number of morpholine rings is 1. The van der Waals surface area contributed by atoms with Crippen molar-refractivity contribution in [2.24, 2.45) is 0 Å². The maximum atomic E-state index is 12.9. The fourth-order valence-corrected chi connectivity index (χ4v) is 6.27. The van der Waals surface area contributed by atoms with Gasteiger partial charge < -0.3 is 10.1 Å². The van der Waals surface area contributed by atoms with Crippen LogP contribution in [0, 0.1) is 0 Å². The largest absolute Gasteiger partial charge is 0.379 e. The van der Waals surface area contributed by atoms with Crippen molar-refractivity contribution in [3.63, 3.8) is 0 Å². The Morgan fingerprint density at radius 3 is 2.56 bits per heavy atom. The van der Waals surface area contributed by atoms with Gasteiger partial charge in [0.05, 0.1) is 38.9 Å². The molecule has 1 aliphatic heterocycles. The summed E-state index contributed by atoms with van der Waals surface area (Å²) in [6.07, 6.45) is 0. The normalized spacial score (nSPS) is 15.4. The van der Waals surface area contributed by atoms with Crippen molar-refractivity contribution in [2.75, 3.05) is 31.6 Å². The van der Waals surface area contributed by atoms with Gasteiger partial charge in [-0.1, -0.05) is 22.9 Å². The highest BCUT2D eigenvalue weighted by Crippen LogP contribution is 2.27. The standard InChI is InChI=1S/C21H22ClN3O5S2/c1-13(2)25-18-6-3-14(11-19(18)31-21(25)27)23-20(26)16-12-15(4-5-17(16)22)32(28,29)24-7-9-30-10-8-24/h3-6,11-13H,7-10H2,1-2H3,(H,23,26). The van der Waals surface area contributed by atoms with E-state index in [9.17, 15) is 18.0 Å². The van der Waals surface area contributed by atoms with Gasteiger partial charge in [-0.3, -0.25) is 14.2 Å². The highest BCUT2D eigenvalue weighted by atomic mass is 35.5. The summed E-state index contributed by atoms with van der Waals surface area (Å²) in [6, 6.07) is 9.31. The number of hydrogen-bond donors (Lipinski definition) is 1. The lowest BCUT2D eigenvalue weighted by atomic mass is 10.2. The van der Waals surface area contributed by atoms with Crippen molar-refractivity contribution in [1.82, 2.24) is 8.87 Å². The second-order valence-electron chi connectivity index (χ2n) is 7.63. The van der Waals surface area contributed by atoms with E-state index in [1.165, 1.54) is 22.5 Å². The molecule has 0 unspecified atom stereocenters. The number of ether oxygens (including phenoxy) is 1. The van der Waals surface area contributed by atoms with Crippen LogP contribution in [0.15, 0.2) is 46.1 Å². The highest BCUT2D eigenvalue weighted by molar-refractivity contribution is 7.89. The zero-order chi connectivity index (χ0) is 23.0. The minimum atomic E-state index is -3.77. The van der Waals surface area contributed by atoms with Crippen molar-refractivity contribution >= 4 is 54.8 Å². The Bertz CT molecular complexity index is 1340. The molecular formula is C21H22ClN3O5S2. The first-order valence-electron chi connectivity index (χ1n) is 10.0. The van der Waals surface area contributed by atoms with Crippen LogP contribution in [0.2, 0.25) is 5.02 Å². The molecule has 1 aromatic heterocycles. The lowest BCUT2D eigenvalue weighted by molar-refractivity contribution is 0.0730. The Balaban J connectivity index is 1.62. The lowest BCUT2D eigenvalue weighted by Crippen LogP contribution is -2.40. The molecule has 2 aromatic carbocycles. The summed E-state index contributed by atoms with van der Waals surface area (Å²) in [4.78, 5) is 25.1. The van der Waals surface area contributed by atoms with Crippen molar-refractivity contribution in [3.05, 3.63) is 56.7 Å². The summed E-state index contributed by atoms with van der Waals surface area (Å²) >= 11 is 7.32. The molecule has 0 radical (unpaired) electrons. The molecule has 1 amide bonds. The number of hydrogen-bond acceptors (Lipinski definition) is 6. The van der Waals surface area contributed by atoms with Crippen LogP contribution < -0.4 is 10.2 Å². The fraction of sp³-hybridized carbons (Fsp3) is 0.333. The third kappa shape index (κ3) is 4.33. The van der Waals surface area contributed by atoms with E-state index in [0.29, 0.717) is 18.9 Å². The van der Waals surface area contributed by atoms with Crippen LogP contribution in [0.5, 0.6) is 0 Å². The molecule has 0 saturated carbocycles. The number of aromatic nitrogens is 1. The van der Waals surface area contributed by atoms with Gasteiger partial charge >= 0.3 is 4.87 Å². The number of fused-ring (bicyclic) bond motifs is 1. The number of amides is 1. The van der Waals surface area contributed by atoms with E-state index in [0.717, 1.165) is 21.6 Å². The van der Waals surface area contributed by atoms with Crippen LogP contribution in [-0.4, -0.2) is 49.5 Å². The third-order valence-electron chi connectivity index (χ3n) is 5.18. The van der Waals surface area contributed by atoms with Gasteiger partial charge in [-0.2, -0.15) is 4.31 Å². The molecule has 1 aliphatic rings. The van der Waals surface area contributed by atoms with Crippen LogP contribution in [0.4, 0.5) is 5.69 Å². The zero-order valence-electron chi connectivity index (χ0n) is 17.5. The van der Waals surface area contributed by atoms with Crippen molar-refractivity contribution in [1.29, 1.82) is 0 Å². The van der Waals surface area contributed by atoms with Crippen LogP contribution in [0.3, 0.4) is 0 Å². The number of halogens is 1. The number of anilines is 1. The molecule has 0 bridgehead atoms. The quantitative estimate of drug-likeness (QED) is 0.583. The van der Waals surface area contributed by atoms with Crippen LogP contribution in [0.25, 0.3) is 10.2 Å². The van der Waals surface area contributed by atoms with Gasteiger partial charge in [0.1, 0.15) is 0 Å². The van der Waals surface area contributed by atoms with Crippen molar-refractivity contribution in [3.8, 4) is 0 Å². The topological polar surface area (TPSA) is 97.7 Å². The van der Waals surface area contributed by atoms with E-state index in [1.54, 1.807) is 22.8 Å². The maximum Gasteiger partial charge on any atom is 0.308 e. The second-order valence-corrected chi connectivity index (χ2v) is 11.0. The molecule has 170 valence electrons. The minimum Gasteiger partial charge on any atom is -0.379 e. The van der Waals surface area contributed by atoms with Gasteiger partial charge in [0.2, 0.25) is 10.0 Å². The Labute approximate surface area is 194 Å². The summed E-state index contributed by atoms with van der Waals surface area (Å²) in [5.74, 6) is -0.538. The monoisotopic (exact) mass is 495 g/mol. The van der Waals surface area contributed by atoms with Crippen molar-refractivity contribution in [2.45, 2.75) is 24.8 Å². The Hall–Kier alpha value is -2.24. The molecule has 1 fully saturated rings. The van der Waals surface area contributed by atoms with Gasteiger partial charge in [-0.15, -0.1) is 0 Å². The molecule has 1 N–H and O–H groups in total. The summed E-state index contributed by atoms with van der Waals surface area (Å²) in [5, 5.41) is 2.89. The zero-order valence-corrected chi connectivity index (χ0v) is 19.9. The Morgan fingerprint density at radius 2 is 1.88 bits per heavy atom. The van der Waals surface area contributed by atoms with Gasteiger partial charge in [0, 0.05) is 24.8 Å². The number of thiazole rings is 1. The average Bonchev–Trinajstić information content (AvgIpc) is 3.09. The second kappa shape index (κ2) is 8.95. The summed E-state index contributed by atoms with van der Waals surface area (Å²) in [5.41, 5.74) is 1.33. The van der Waals surface area contributed by atoms with E-state index < -0.39 is 15.9 Å². The lowest BCUT2D eigenvalue weighted by Gasteiger charge is -2.26. The first-order chi connectivity index (χ1) is 15.2. The van der Waals surface area contributed by atoms with Crippen LogP contribution in [-0.2, 0) is 14.8 Å². The Morgan fingerprint density at radius 1 is 1.16 bits per heavy atom. The van der Waals surface area contributed by atoms with Gasteiger partial charge in [-0.05, 0) is 50.2 Å². The molecule has 11 heteroatoms. The maximum absolute atomic E-state index is 12.9. The smallest absolute Gasteiger partial charge is 0.308 e. The van der Waals surface area contributed by atoms with E-state index >= 15 is 0 Å². The summed E-state index contributed by atoms with van der Waals surface area (Å²) in [6.45, 7) is 5.03. The summed E-state index contributed by atoms with van der Waals surface area (Å²) < 4.78 is 34.9. The molecule has 4 rings (SSSR count). The number of nitrogens with one attached hydrogen (secondary N) is 1. The number of benzene rings is 2. The van der Waals surface area contributed by atoms with E-state index in [4.69, 9.17) is 16.3 Å². The highest BCUT2D eigenvalue weighted by Gasteiger charge is 2.27. The predicted octanol–water partition coefficient (Wildman–Crippen LogP) is 3.57.